The van der Waals surface area contributed by atoms with E-state index in [1.807, 2.05) is 18.2 Å². The van der Waals surface area contributed by atoms with Gasteiger partial charge in [-0.1, -0.05) is 55.5 Å². The van der Waals surface area contributed by atoms with Gasteiger partial charge in [0.15, 0.2) is 0 Å². The number of likely N-dealkylation sites (tertiary alicyclic amines) is 1. The normalized spacial score (nSPS) is 32.0. The highest BCUT2D eigenvalue weighted by Crippen LogP contribution is 2.61. The second kappa shape index (κ2) is 6.94. The Bertz CT molecular complexity index is 1140. The molecule has 0 amide bonds. The maximum Gasteiger partial charge on any atom is 0.314 e. The third-order valence-electron chi connectivity index (χ3n) is 8.18. The van der Waals surface area contributed by atoms with E-state index >= 15 is 0 Å². The first-order chi connectivity index (χ1) is 15.2. The molecule has 2 N–H and O–H groups in total. The number of ether oxygens (including phenoxy) is 1. The number of rotatable bonds is 4. The number of carbonyl (C=O) groups is 1. The molecule has 2 bridgehead atoms. The Morgan fingerprint density at radius 3 is 2.71 bits per heavy atom. The van der Waals surface area contributed by atoms with Crippen molar-refractivity contribution in [3.63, 3.8) is 0 Å². The number of benzene rings is 2. The maximum atomic E-state index is 13.2. The number of aliphatic hydroxyl groups is 1. The summed E-state index contributed by atoms with van der Waals surface area (Å²) in [6.45, 7) is 3.72. The molecular formula is C26H28N2O3. The van der Waals surface area contributed by atoms with E-state index in [0.29, 0.717) is 0 Å². The van der Waals surface area contributed by atoms with Gasteiger partial charge in [-0.15, -0.1) is 0 Å². The van der Waals surface area contributed by atoms with Gasteiger partial charge in [-0.05, 0) is 36.0 Å². The molecule has 160 valence electrons. The van der Waals surface area contributed by atoms with Crippen molar-refractivity contribution in [2.75, 3.05) is 13.2 Å². The van der Waals surface area contributed by atoms with Gasteiger partial charge in [0.2, 0.25) is 0 Å². The first kappa shape index (κ1) is 19.1. The number of nitrogens with one attached hydrogen (secondary N) is 1. The van der Waals surface area contributed by atoms with Crippen molar-refractivity contribution in [1.29, 1.82) is 0 Å². The lowest BCUT2D eigenvalue weighted by atomic mass is 9.54. The number of para-hydroxylation sites is 1. The zero-order valence-corrected chi connectivity index (χ0v) is 17.8. The smallest absolute Gasteiger partial charge is 0.314 e. The molecule has 2 fully saturated rings. The number of piperidine rings is 1. The van der Waals surface area contributed by atoms with Crippen LogP contribution in [0.2, 0.25) is 0 Å². The van der Waals surface area contributed by atoms with Crippen LogP contribution >= 0.6 is 0 Å². The van der Waals surface area contributed by atoms with Crippen LogP contribution in [0.1, 0.15) is 48.5 Å². The second-order valence-electron chi connectivity index (χ2n) is 9.42. The Kier molecular flexibility index (Phi) is 4.27. The molecule has 2 aliphatic heterocycles. The van der Waals surface area contributed by atoms with E-state index < -0.39 is 6.10 Å². The van der Waals surface area contributed by atoms with E-state index in [0.717, 1.165) is 42.4 Å². The molecule has 2 saturated heterocycles. The van der Waals surface area contributed by atoms with Crippen molar-refractivity contribution in [2.45, 2.75) is 44.4 Å². The lowest BCUT2D eigenvalue weighted by molar-refractivity contribution is -0.204. The average Bonchev–Trinajstić information content (AvgIpc) is 3.19. The van der Waals surface area contributed by atoms with Gasteiger partial charge < -0.3 is 14.8 Å². The number of hydrogen-bond donors (Lipinski definition) is 2. The molecule has 3 aliphatic rings. The molecule has 1 aromatic heterocycles. The Morgan fingerprint density at radius 1 is 1.16 bits per heavy atom. The molecule has 5 heteroatoms. The molecule has 5 nitrogen and oxygen atoms in total. The molecule has 1 aliphatic carbocycles. The number of hydrogen-bond acceptors (Lipinski definition) is 4. The predicted octanol–water partition coefficient (Wildman–Crippen LogP) is 4.14. The Balaban J connectivity index is 1.56. The van der Waals surface area contributed by atoms with E-state index in [2.05, 4.69) is 53.2 Å². The summed E-state index contributed by atoms with van der Waals surface area (Å²) < 4.78 is 5.97. The Morgan fingerprint density at radius 2 is 1.94 bits per heavy atom. The largest absolute Gasteiger partial charge is 0.459 e. The molecule has 0 saturated carbocycles. The quantitative estimate of drug-likeness (QED) is 0.628. The van der Waals surface area contributed by atoms with Gasteiger partial charge in [0.05, 0.1) is 18.6 Å². The monoisotopic (exact) mass is 416 g/mol. The van der Waals surface area contributed by atoms with E-state index in [1.165, 1.54) is 11.3 Å². The van der Waals surface area contributed by atoms with Crippen molar-refractivity contribution in [1.82, 2.24) is 9.88 Å². The predicted molar refractivity (Wildman–Crippen MR) is 118 cm³/mol. The van der Waals surface area contributed by atoms with E-state index in [-0.39, 0.29) is 35.9 Å². The number of cyclic esters (lactones) is 1. The summed E-state index contributed by atoms with van der Waals surface area (Å²) in [5.74, 6) is -0.252. The first-order valence-electron chi connectivity index (χ1n) is 11.4. The van der Waals surface area contributed by atoms with Gasteiger partial charge >= 0.3 is 5.97 Å². The SMILES string of the molecule is CC[C@@]12CN(Cc3ccccc3)C3C[C@@H]1[C@@H](C(=O)OC2CO)c1c3[nH]c2ccccc12. The Hall–Kier alpha value is -2.63. The van der Waals surface area contributed by atoms with Crippen LogP contribution in [0.25, 0.3) is 10.9 Å². The highest BCUT2D eigenvalue weighted by molar-refractivity contribution is 5.92. The molecule has 6 rings (SSSR count). The zero-order valence-electron chi connectivity index (χ0n) is 17.8. The lowest BCUT2D eigenvalue weighted by Crippen LogP contribution is -2.64. The number of aromatic amines is 1. The Labute approximate surface area is 182 Å². The van der Waals surface area contributed by atoms with E-state index in [1.54, 1.807) is 0 Å². The topological polar surface area (TPSA) is 65.6 Å². The fourth-order valence-electron chi connectivity index (χ4n) is 6.74. The standard InChI is InChI=1S/C26H28N2O3/c1-2-26-15-28(13-16-8-4-3-5-9-16)20-12-18(26)23(25(30)31-21(26)14-29)22-17-10-6-7-11-19(17)27-24(20)22/h3-11,18,20-21,23,27,29H,2,12-15H2,1H3/t18-,20?,21?,23-,26-/m1/s1. The number of aliphatic hydroxyl groups excluding tert-OH is 1. The zero-order chi connectivity index (χ0) is 21.2. The second-order valence-corrected chi connectivity index (χ2v) is 9.42. The number of fused-ring (bicyclic) bond motifs is 6. The summed E-state index contributed by atoms with van der Waals surface area (Å²) in [6, 6.07) is 19.1. The maximum absolute atomic E-state index is 13.2. The van der Waals surface area contributed by atoms with Crippen LogP contribution in [0.15, 0.2) is 54.6 Å². The molecular weight excluding hydrogens is 388 g/mol. The van der Waals surface area contributed by atoms with Crippen molar-refractivity contribution >= 4 is 16.9 Å². The van der Waals surface area contributed by atoms with Gasteiger partial charge in [-0.2, -0.15) is 0 Å². The van der Waals surface area contributed by atoms with Crippen LogP contribution in [0.5, 0.6) is 0 Å². The van der Waals surface area contributed by atoms with Crippen molar-refractivity contribution in [3.05, 3.63) is 71.4 Å². The van der Waals surface area contributed by atoms with Crippen molar-refractivity contribution in [3.8, 4) is 0 Å². The molecule has 3 aromatic rings. The number of esters is 1. The summed E-state index contributed by atoms with van der Waals surface area (Å²) in [6.07, 6.45) is 1.34. The fraction of sp³-hybridized carbons (Fsp3) is 0.423. The molecule has 3 heterocycles. The fourth-order valence-corrected chi connectivity index (χ4v) is 6.74. The number of carbonyl (C=O) groups excluding carboxylic acids is 1. The van der Waals surface area contributed by atoms with Crippen molar-refractivity contribution in [2.24, 2.45) is 11.3 Å². The summed E-state index contributed by atoms with van der Waals surface area (Å²) in [7, 11) is 0. The van der Waals surface area contributed by atoms with Crippen LogP contribution in [0.4, 0.5) is 0 Å². The van der Waals surface area contributed by atoms with Gasteiger partial charge in [-0.25, -0.2) is 0 Å². The summed E-state index contributed by atoms with van der Waals surface area (Å²) in [5.41, 5.74) is 4.41. The molecule has 2 aromatic carbocycles. The summed E-state index contributed by atoms with van der Waals surface area (Å²) in [5, 5.41) is 11.3. The molecule has 0 radical (unpaired) electrons. The van der Waals surface area contributed by atoms with Crippen LogP contribution in [-0.2, 0) is 16.1 Å². The third-order valence-corrected chi connectivity index (χ3v) is 8.18. The minimum Gasteiger partial charge on any atom is -0.459 e. The molecule has 2 unspecified atom stereocenters. The highest BCUT2D eigenvalue weighted by Gasteiger charge is 2.62. The third kappa shape index (κ3) is 2.60. The van der Waals surface area contributed by atoms with E-state index in [4.69, 9.17) is 4.74 Å². The molecule has 0 spiro atoms. The minimum absolute atomic E-state index is 0.118. The van der Waals surface area contributed by atoms with Crippen LogP contribution in [0.3, 0.4) is 0 Å². The van der Waals surface area contributed by atoms with Crippen molar-refractivity contribution < 1.29 is 14.6 Å². The van der Waals surface area contributed by atoms with Crippen LogP contribution in [-0.4, -0.2) is 40.2 Å². The average molecular weight is 417 g/mol. The van der Waals surface area contributed by atoms with Gasteiger partial charge in [0.25, 0.3) is 0 Å². The minimum atomic E-state index is -0.447. The number of aromatic nitrogens is 1. The van der Waals surface area contributed by atoms with Gasteiger partial charge in [0, 0.05) is 35.1 Å². The van der Waals surface area contributed by atoms with Gasteiger partial charge in [0.1, 0.15) is 6.10 Å². The molecule has 31 heavy (non-hydrogen) atoms. The number of H-pyrrole nitrogens is 1. The van der Waals surface area contributed by atoms with Crippen LogP contribution < -0.4 is 0 Å². The van der Waals surface area contributed by atoms with Gasteiger partial charge in [-0.3, -0.25) is 9.69 Å². The summed E-state index contributed by atoms with van der Waals surface area (Å²) in [4.78, 5) is 19.5. The summed E-state index contributed by atoms with van der Waals surface area (Å²) >= 11 is 0. The lowest BCUT2D eigenvalue weighted by Gasteiger charge is -2.60. The number of nitrogens with zero attached hydrogens (tertiary/aromatic N) is 1. The van der Waals surface area contributed by atoms with Crippen LogP contribution in [0, 0.1) is 11.3 Å². The van der Waals surface area contributed by atoms with E-state index in [9.17, 15) is 9.90 Å². The highest BCUT2D eigenvalue weighted by atomic mass is 16.6. The molecule has 5 atom stereocenters. The first-order valence-corrected chi connectivity index (χ1v) is 11.4.